The zero-order valence-corrected chi connectivity index (χ0v) is 13.4. The first-order valence-corrected chi connectivity index (χ1v) is 7.44. The second kappa shape index (κ2) is 6.96. The lowest BCUT2D eigenvalue weighted by Gasteiger charge is -2.15. The summed E-state index contributed by atoms with van der Waals surface area (Å²) in [5.41, 5.74) is 2.01. The van der Waals surface area contributed by atoms with E-state index >= 15 is 0 Å². The first-order chi connectivity index (χ1) is 9.95. The number of carbonyl (C=O) groups is 1. The lowest BCUT2D eigenvalue weighted by atomic mass is 10.1. The van der Waals surface area contributed by atoms with Gasteiger partial charge >= 0.3 is 0 Å². The van der Waals surface area contributed by atoms with Crippen molar-refractivity contribution in [1.82, 2.24) is 15.1 Å². The molecule has 21 heavy (non-hydrogen) atoms. The Kier molecular flexibility index (Phi) is 5.26. The van der Waals surface area contributed by atoms with Crippen LogP contribution in [0.1, 0.15) is 30.5 Å². The van der Waals surface area contributed by atoms with Crippen LogP contribution in [-0.4, -0.2) is 15.7 Å². The van der Waals surface area contributed by atoms with Crippen LogP contribution in [0, 0.1) is 6.92 Å². The third-order valence-corrected chi connectivity index (χ3v) is 3.89. The Morgan fingerprint density at radius 1 is 1.38 bits per heavy atom. The van der Waals surface area contributed by atoms with E-state index in [-0.39, 0.29) is 11.9 Å². The number of nitrogens with one attached hydrogen (secondary N) is 1. The third-order valence-electron chi connectivity index (χ3n) is 3.15. The van der Waals surface area contributed by atoms with Gasteiger partial charge in [0.15, 0.2) is 0 Å². The molecule has 0 fully saturated rings. The molecular formula is C15H17Cl2N3O. The van der Waals surface area contributed by atoms with E-state index in [1.807, 2.05) is 26.1 Å². The van der Waals surface area contributed by atoms with Gasteiger partial charge < -0.3 is 5.32 Å². The molecule has 1 aromatic carbocycles. The highest BCUT2D eigenvalue weighted by atomic mass is 35.5. The molecule has 0 saturated heterocycles. The maximum absolute atomic E-state index is 11.9. The molecule has 1 atom stereocenters. The normalized spacial score (nSPS) is 12.2. The van der Waals surface area contributed by atoms with Crippen molar-refractivity contribution in [3.05, 3.63) is 51.8 Å². The smallest absolute Gasteiger partial charge is 0.222 e. The standard InChI is InChI=1S/C15H17Cl2N3O/c1-10-8-18-20(9-10)6-5-15(21)19-11(2)12-3-4-13(16)14(17)7-12/h3-4,7-9,11H,5-6H2,1-2H3,(H,19,21). The Hall–Kier alpha value is -1.52. The number of amides is 1. The van der Waals surface area contributed by atoms with Crippen LogP contribution in [0.15, 0.2) is 30.6 Å². The Morgan fingerprint density at radius 3 is 2.76 bits per heavy atom. The third kappa shape index (κ3) is 4.48. The molecule has 1 amide bonds. The average Bonchev–Trinajstić information content (AvgIpc) is 2.85. The average molecular weight is 326 g/mol. The highest BCUT2D eigenvalue weighted by molar-refractivity contribution is 6.42. The molecule has 0 aliphatic carbocycles. The van der Waals surface area contributed by atoms with E-state index in [2.05, 4.69) is 10.4 Å². The van der Waals surface area contributed by atoms with Crippen LogP contribution < -0.4 is 5.32 Å². The van der Waals surface area contributed by atoms with E-state index < -0.39 is 0 Å². The van der Waals surface area contributed by atoms with Crippen molar-refractivity contribution in [2.75, 3.05) is 0 Å². The second-order valence-electron chi connectivity index (χ2n) is 4.99. The summed E-state index contributed by atoms with van der Waals surface area (Å²) in [6, 6.07) is 5.24. The number of hydrogen-bond donors (Lipinski definition) is 1. The minimum Gasteiger partial charge on any atom is -0.350 e. The fourth-order valence-corrected chi connectivity index (χ4v) is 2.29. The Balaban J connectivity index is 1.88. The molecule has 1 aromatic heterocycles. The molecule has 2 aromatic rings. The van der Waals surface area contributed by atoms with Gasteiger partial charge in [0.25, 0.3) is 0 Å². The molecule has 0 spiro atoms. The van der Waals surface area contributed by atoms with Gasteiger partial charge in [-0.15, -0.1) is 0 Å². The lowest BCUT2D eigenvalue weighted by molar-refractivity contribution is -0.122. The van der Waals surface area contributed by atoms with Crippen molar-refractivity contribution in [1.29, 1.82) is 0 Å². The van der Waals surface area contributed by atoms with Gasteiger partial charge in [0.1, 0.15) is 0 Å². The van der Waals surface area contributed by atoms with E-state index in [4.69, 9.17) is 23.2 Å². The Labute approximate surface area is 134 Å². The summed E-state index contributed by atoms with van der Waals surface area (Å²) < 4.78 is 1.76. The number of aryl methyl sites for hydroxylation is 2. The molecule has 112 valence electrons. The van der Waals surface area contributed by atoms with Crippen LogP contribution in [0.3, 0.4) is 0 Å². The van der Waals surface area contributed by atoms with Crippen molar-refractivity contribution in [3.63, 3.8) is 0 Å². The zero-order valence-electron chi connectivity index (χ0n) is 11.9. The number of carbonyl (C=O) groups excluding carboxylic acids is 1. The van der Waals surface area contributed by atoms with Crippen molar-refractivity contribution >= 4 is 29.1 Å². The van der Waals surface area contributed by atoms with Crippen LogP contribution in [0.25, 0.3) is 0 Å². The van der Waals surface area contributed by atoms with Gasteiger partial charge in [-0.2, -0.15) is 5.10 Å². The van der Waals surface area contributed by atoms with Crippen LogP contribution in [-0.2, 0) is 11.3 Å². The van der Waals surface area contributed by atoms with Crippen molar-refractivity contribution in [3.8, 4) is 0 Å². The topological polar surface area (TPSA) is 46.9 Å². The summed E-state index contributed by atoms with van der Waals surface area (Å²) in [6.45, 7) is 4.44. The van der Waals surface area contributed by atoms with E-state index in [0.29, 0.717) is 23.0 Å². The number of aromatic nitrogens is 2. The summed E-state index contributed by atoms with van der Waals surface area (Å²) in [4.78, 5) is 11.9. The number of benzene rings is 1. The highest BCUT2D eigenvalue weighted by Crippen LogP contribution is 2.25. The molecule has 0 aliphatic heterocycles. The van der Waals surface area contributed by atoms with Gasteiger partial charge in [0.05, 0.1) is 22.3 Å². The van der Waals surface area contributed by atoms with Crippen molar-refractivity contribution in [2.45, 2.75) is 32.9 Å². The van der Waals surface area contributed by atoms with Gasteiger partial charge in [-0.25, -0.2) is 0 Å². The van der Waals surface area contributed by atoms with Gasteiger partial charge in [0, 0.05) is 19.2 Å². The molecule has 1 unspecified atom stereocenters. The lowest BCUT2D eigenvalue weighted by Crippen LogP contribution is -2.27. The van der Waals surface area contributed by atoms with Gasteiger partial charge in [-0.1, -0.05) is 29.3 Å². The second-order valence-corrected chi connectivity index (χ2v) is 5.81. The fraction of sp³-hybridized carbons (Fsp3) is 0.333. The molecule has 1 heterocycles. The first kappa shape index (κ1) is 15.9. The van der Waals surface area contributed by atoms with Crippen LogP contribution >= 0.6 is 23.2 Å². The number of halogens is 2. The fourth-order valence-electron chi connectivity index (χ4n) is 1.98. The molecule has 6 heteroatoms. The minimum atomic E-state index is -0.119. The first-order valence-electron chi connectivity index (χ1n) is 6.69. The maximum Gasteiger partial charge on any atom is 0.222 e. The summed E-state index contributed by atoms with van der Waals surface area (Å²) in [6.07, 6.45) is 4.07. The molecule has 1 N–H and O–H groups in total. The number of rotatable bonds is 5. The predicted molar refractivity (Wildman–Crippen MR) is 84.6 cm³/mol. The molecule has 4 nitrogen and oxygen atoms in total. The van der Waals surface area contributed by atoms with Gasteiger partial charge in [0.2, 0.25) is 5.91 Å². The van der Waals surface area contributed by atoms with Gasteiger partial charge in [-0.3, -0.25) is 9.48 Å². The summed E-state index contributed by atoms with van der Waals surface area (Å²) in [5, 5.41) is 8.08. The SMILES string of the molecule is Cc1cnn(CCC(=O)NC(C)c2ccc(Cl)c(Cl)c2)c1. The van der Waals surface area contributed by atoms with Crippen LogP contribution in [0.4, 0.5) is 0 Å². The van der Waals surface area contributed by atoms with Gasteiger partial charge in [-0.05, 0) is 37.1 Å². The van der Waals surface area contributed by atoms with Crippen molar-refractivity contribution < 1.29 is 4.79 Å². The highest BCUT2D eigenvalue weighted by Gasteiger charge is 2.11. The number of hydrogen-bond acceptors (Lipinski definition) is 2. The molecule has 0 radical (unpaired) electrons. The monoisotopic (exact) mass is 325 g/mol. The molecule has 2 rings (SSSR count). The Bertz CT molecular complexity index is 640. The van der Waals surface area contributed by atoms with E-state index in [9.17, 15) is 4.79 Å². The van der Waals surface area contributed by atoms with Crippen molar-refractivity contribution in [2.24, 2.45) is 0 Å². The Morgan fingerprint density at radius 2 is 2.14 bits per heavy atom. The predicted octanol–water partition coefficient (Wildman–Crippen LogP) is 3.77. The minimum absolute atomic E-state index is 0.0262. The zero-order chi connectivity index (χ0) is 15.4. The van der Waals surface area contributed by atoms with Crippen LogP contribution in [0.2, 0.25) is 10.0 Å². The summed E-state index contributed by atoms with van der Waals surface area (Å²) >= 11 is 11.9. The molecular weight excluding hydrogens is 309 g/mol. The maximum atomic E-state index is 11.9. The molecule has 0 bridgehead atoms. The van der Waals surface area contributed by atoms with E-state index in [0.717, 1.165) is 11.1 Å². The quantitative estimate of drug-likeness (QED) is 0.909. The molecule has 0 saturated carbocycles. The summed E-state index contributed by atoms with van der Waals surface area (Å²) in [5.74, 6) is -0.0262. The largest absolute Gasteiger partial charge is 0.350 e. The van der Waals surface area contributed by atoms with E-state index in [1.165, 1.54) is 0 Å². The van der Waals surface area contributed by atoms with E-state index in [1.54, 1.807) is 23.0 Å². The number of nitrogens with zero attached hydrogens (tertiary/aromatic N) is 2. The molecule has 0 aliphatic rings. The summed E-state index contributed by atoms with van der Waals surface area (Å²) in [7, 11) is 0. The van der Waals surface area contributed by atoms with Crippen LogP contribution in [0.5, 0.6) is 0 Å².